The minimum absolute atomic E-state index is 0.127. The zero-order chi connectivity index (χ0) is 15.4. The molecule has 2 unspecified atom stereocenters. The van der Waals surface area contributed by atoms with Gasteiger partial charge in [-0.3, -0.25) is 4.90 Å². The molecule has 1 aliphatic heterocycles. The quantitative estimate of drug-likeness (QED) is 0.871. The average Bonchev–Trinajstić information content (AvgIpc) is 2.47. The maximum absolute atomic E-state index is 10.8. The van der Waals surface area contributed by atoms with Gasteiger partial charge in [-0.05, 0) is 56.5 Å². The van der Waals surface area contributed by atoms with E-state index >= 15 is 0 Å². The van der Waals surface area contributed by atoms with Crippen molar-refractivity contribution < 1.29 is 9.84 Å². The Morgan fingerprint density at radius 3 is 2.33 bits per heavy atom. The molecule has 0 aliphatic carbocycles. The fourth-order valence-electron chi connectivity index (χ4n) is 3.18. The second-order valence-corrected chi connectivity index (χ2v) is 5.88. The van der Waals surface area contributed by atoms with E-state index in [-0.39, 0.29) is 6.04 Å². The van der Waals surface area contributed by atoms with Crippen LogP contribution in [0.5, 0.6) is 5.75 Å². The molecule has 1 aliphatic rings. The van der Waals surface area contributed by atoms with Gasteiger partial charge in [0.15, 0.2) is 0 Å². The van der Waals surface area contributed by atoms with E-state index in [4.69, 9.17) is 4.74 Å². The van der Waals surface area contributed by atoms with Gasteiger partial charge >= 0.3 is 0 Å². The zero-order valence-corrected chi connectivity index (χ0v) is 13.6. The molecule has 0 bridgehead atoms. The van der Waals surface area contributed by atoms with E-state index in [0.29, 0.717) is 6.61 Å². The van der Waals surface area contributed by atoms with Crippen LogP contribution in [0.25, 0.3) is 0 Å². The molecular weight excluding hydrogens is 264 g/mol. The minimum atomic E-state index is -0.459. The summed E-state index contributed by atoms with van der Waals surface area (Å²) in [6.07, 6.45) is -0.459. The number of rotatable bonds is 5. The number of benzene rings is 1. The lowest BCUT2D eigenvalue weighted by molar-refractivity contribution is 0.0502. The summed E-state index contributed by atoms with van der Waals surface area (Å²) in [4.78, 5) is 2.36. The second kappa shape index (κ2) is 7.25. The lowest BCUT2D eigenvalue weighted by Crippen LogP contribution is -2.49. The van der Waals surface area contributed by atoms with Crippen molar-refractivity contribution >= 4 is 0 Å². The molecule has 2 rings (SSSR count). The first-order valence-corrected chi connectivity index (χ1v) is 7.91. The highest BCUT2D eigenvalue weighted by Gasteiger charge is 2.26. The molecule has 1 saturated heterocycles. The van der Waals surface area contributed by atoms with Crippen LogP contribution in [-0.2, 0) is 0 Å². The average molecular weight is 292 g/mol. The summed E-state index contributed by atoms with van der Waals surface area (Å²) in [5.74, 6) is 0.887. The third-order valence-corrected chi connectivity index (χ3v) is 4.36. The summed E-state index contributed by atoms with van der Waals surface area (Å²) in [6, 6.07) is 4.18. The maximum atomic E-state index is 10.8. The van der Waals surface area contributed by atoms with Crippen LogP contribution in [0, 0.1) is 13.8 Å². The van der Waals surface area contributed by atoms with Gasteiger partial charge in [0.25, 0.3) is 0 Å². The Hall–Kier alpha value is -1.10. The van der Waals surface area contributed by atoms with Crippen molar-refractivity contribution in [1.82, 2.24) is 10.2 Å². The third-order valence-electron chi connectivity index (χ3n) is 4.36. The Bertz CT molecular complexity index is 447. The van der Waals surface area contributed by atoms with Gasteiger partial charge in [-0.1, -0.05) is 0 Å². The molecule has 2 atom stereocenters. The largest absolute Gasteiger partial charge is 0.494 e. The smallest absolute Gasteiger partial charge is 0.119 e. The van der Waals surface area contributed by atoms with E-state index < -0.39 is 6.10 Å². The number of hydrogen-bond acceptors (Lipinski definition) is 4. The highest BCUT2D eigenvalue weighted by molar-refractivity contribution is 5.42. The number of aliphatic hydroxyl groups is 1. The topological polar surface area (TPSA) is 44.7 Å². The summed E-state index contributed by atoms with van der Waals surface area (Å²) in [7, 11) is 0. The molecule has 0 saturated carbocycles. The SMILES string of the molecule is CCOc1cc(C)c(C(O)C(C)N2CCNCC2)c(C)c1. The van der Waals surface area contributed by atoms with Gasteiger partial charge in [0.1, 0.15) is 5.75 Å². The third kappa shape index (κ3) is 3.76. The van der Waals surface area contributed by atoms with E-state index in [0.717, 1.165) is 48.6 Å². The zero-order valence-electron chi connectivity index (χ0n) is 13.6. The van der Waals surface area contributed by atoms with Crippen LogP contribution in [0.1, 0.15) is 36.6 Å². The summed E-state index contributed by atoms with van der Waals surface area (Å²) >= 11 is 0. The molecule has 4 heteroatoms. The number of piperazine rings is 1. The summed E-state index contributed by atoms with van der Waals surface area (Å²) in [5.41, 5.74) is 3.25. The Balaban J connectivity index is 2.19. The molecule has 118 valence electrons. The molecule has 2 N–H and O–H groups in total. The summed E-state index contributed by atoms with van der Waals surface area (Å²) in [6.45, 7) is 12.9. The first-order valence-electron chi connectivity index (χ1n) is 7.91. The number of ether oxygens (including phenoxy) is 1. The fourth-order valence-corrected chi connectivity index (χ4v) is 3.18. The molecule has 4 nitrogen and oxygen atoms in total. The predicted molar refractivity (Wildman–Crippen MR) is 85.9 cm³/mol. The van der Waals surface area contributed by atoms with E-state index in [1.165, 1.54) is 0 Å². The number of aliphatic hydroxyl groups excluding tert-OH is 1. The van der Waals surface area contributed by atoms with Crippen molar-refractivity contribution in [2.75, 3.05) is 32.8 Å². The van der Waals surface area contributed by atoms with Crippen LogP contribution >= 0.6 is 0 Å². The first-order chi connectivity index (χ1) is 10.0. The van der Waals surface area contributed by atoms with Crippen molar-refractivity contribution in [3.8, 4) is 5.75 Å². The molecule has 0 radical (unpaired) electrons. The monoisotopic (exact) mass is 292 g/mol. The molecule has 0 amide bonds. The van der Waals surface area contributed by atoms with Crippen LogP contribution < -0.4 is 10.1 Å². The molecule has 1 fully saturated rings. The van der Waals surface area contributed by atoms with Gasteiger partial charge in [0, 0.05) is 32.2 Å². The standard InChI is InChI=1S/C17H28N2O2/c1-5-21-15-10-12(2)16(13(3)11-15)17(20)14(4)19-8-6-18-7-9-19/h10-11,14,17-18,20H,5-9H2,1-4H3. The van der Waals surface area contributed by atoms with Gasteiger partial charge in [-0.2, -0.15) is 0 Å². The summed E-state index contributed by atoms with van der Waals surface area (Å²) < 4.78 is 5.58. The fraction of sp³-hybridized carbons (Fsp3) is 0.647. The lowest BCUT2D eigenvalue weighted by Gasteiger charge is -2.36. The molecule has 0 aromatic heterocycles. The lowest BCUT2D eigenvalue weighted by atomic mass is 9.93. The molecule has 21 heavy (non-hydrogen) atoms. The van der Waals surface area contributed by atoms with Crippen LogP contribution in [0.15, 0.2) is 12.1 Å². The molecule has 0 spiro atoms. The minimum Gasteiger partial charge on any atom is -0.494 e. The highest BCUT2D eigenvalue weighted by Crippen LogP contribution is 2.30. The van der Waals surface area contributed by atoms with Gasteiger partial charge in [-0.15, -0.1) is 0 Å². The van der Waals surface area contributed by atoms with Crippen molar-refractivity contribution in [1.29, 1.82) is 0 Å². The Kier molecular flexibility index (Phi) is 5.62. The van der Waals surface area contributed by atoms with Crippen molar-refractivity contribution in [2.45, 2.75) is 39.8 Å². The van der Waals surface area contributed by atoms with E-state index in [1.54, 1.807) is 0 Å². The molecule has 1 aromatic rings. The van der Waals surface area contributed by atoms with Gasteiger partial charge in [0.2, 0.25) is 0 Å². The highest BCUT2D eigenvalue weighted by atomic mass is 16.5. The number of nitrogens with one attached hydrogen (secondary N) is 1. The van der Waals surface area contributed by atoms with Crippen molar-refractivity contribution in [3.05, 3.63) is 28.8 Å². The predicted octanol–water partition coefficient (Wildman–Crippen LogP) is 2.03. The maximum Gasteiger partial charge on any atom is 0.119 e. The van der Waals surface area contributed by atoms with E-state index in [1.807, 2.05) is 19.1 Å². The van der Waals surface area contributed by atoms with Crippen LogP contribution in [0.4, 0.5) is 0 Å². The number of aryl methyl sites for hydroxylation is 2. The first kappa shape index (κ1) is 16.3. The van der Waals surface area contributed by atoms with Gasteiger partial charge in [-0.25, -0.2) is 0 Å². The molecule has 1 aromatic carbocycles. The van der Waals surface area contributed by atoms with E-state index in [2.05, 4.69) is 31.0 Å². The Labute approximate surface area is 128 Å². The van der Waals surface area contributed by atoms with Gasteiger partial charge in [0.05, 0.1) is 12.7 Å². The Morgan fingerprint density at radius 1 is 1.24 bits per heavy atom. The second-order valence-electron chi connectivity index (χ2n) is 5.88. The number of hydrogen-bond donors (Lipinski definition) is 2. The molecule has 1 heterocycles. The van der Waals surface area contributed by atoms with Crippen LogP contribution in [0.2, 0.25) is 0 Å². The normalized spacial score (nSPS) is 19.3. The summed E-state index contributed by atoms with van der Waals surface area (Å²) in [5, 5.41) is 14.2. The van der Waals surface area contributed by atoms with Crippen LogP contribution in [-0.4, -0.2) is 48.8 Å². The van der Waals surface area contributed by atoms with Crippen LogP contribution in [0.3, 0.4) is 0 Å². The number of nitrogens with zero attached hydrogens (tertiary/aromatic N) is 1. The van der Waals surface area contributed by atoms with Crippen molar-refractivity contribution in [3.63, 3.8) is 0 Å². The van der Waals surface area contributed by atoms with Crippen molar-refractivity contribution in [2.24, 2.45) is 0 Å². The van der Waals surface area contributed by atoms with E-state index in [9.17, 15) is 5.11 Å². The van der Waals surface area contributed by atoms with Gasteiger partial charge < -0.3 is 15.2 Å². The molecular formula is C17H28N2O2. The Morgan fingerprint density at radius 2 is 1.81 bits per heavy atom.